The smallest absolute Gasteiger partial charge is 0.311 e. The maximum atomic E-state index is 13.4. The molecule has 0 unspecified atom stereocenters. The number of fused-ring (bicyclic) bond motifs is 1. The summed E-state index contributed by atoms with van der Waals surface area (Å²) in [6.07, 6.45) is 2.13. The highest BCUT2D eigenvalue weighted by atomic mass is 79.9. The SMILES string of the molecule is CC[C@H](C)c1nc2ccc(Br)cc2c(=O)n1N=Cc1cccc([N+](=O)[O-])c1OCc1ccccc1Cl. The molecule has 10 heteroatoms. The van der Waals surface area contributed by atoms with Crippen LogP contribution in [-0.4, -0.2) is 20.8 Å². The van der Waals surface area contributed by atoms with E-state index in [1.165, 1.54) is 23.0 Å². The summed E-state index contributed by atoms with van der Waals surface area (Å²) in [5.74, 6) is 0.474. The monoisotopic (exact) mass is 568 g/mol. The lowest BCUT2D eigenvalue weighted by molar-refractivity contribution is -0.385. The van der Waals surface area contributed by atoms with Crippen LogP contribution in [0.25, 0.3) is 10.9 Å². The molecule has 0 spiro atoms. The van der Waals surface area contributed by atoms with Gasteiger partial charge in [-0.3, -0.25) is 14.9 Å². The first-order valence-electron chi connectivity index (χ1n) is 11.2. The molecule has 0 radical (unpaired) electrons. The van der Waals surface area contributed by atoms with Gasteiger partial charge in [0.05, 0.1) is 22.0 Å². The van der Waals surface area contributed by atoms with Crippen LogP contribution in [0.3, 0.4) is 0 Å². The molecular formula is C26H22BrClN4O4. The Balaban J connectivity index is 1.81. The number of hydrogen-bond acceptors (Lipinski definition) is 6. The first kappa shape index (κ1) is 25.5. The van der Waals surface area contributed by atoms with Gasteiger partial charge >= 0.3 is 5.69 Å². The van der Waals surface area contributed by atoms with E-state index in [9.17, 15) is 14.9 Å². The van der Waals surface area contributed by atoms with Gasteiger partial charge in [-0.15, -0.1) is 0 Å². The molecule has 8 nitrogen and oxygen atoms in total. The summed E-state index contributed by atoms with van der Waals surface area (Å²) in [7, 11) is 0. The summed E-state index contributed by atoms with van der Waals surface area (Å²) in [4.78, 5) is 29.3. The summed E-state index contributed by atoms with van der Waals surface area (Å²) in [6, 6.07) is 16.9. The first-order valence-corrected chi connectivity index (χ1v) is 12.4. The average molecular weight is 570 g/mol. The van der Waals surface area contributed by atoms with Crippen LogP contribution >= 0.6 is 27.5 Å². The van der Waals surface area contributed by atoms with Crippen molar-refractivity contribution in [2.45, 2.75) is 32.8 Å². The molecule has 3 aromatic carbocycles. The average Bonchev–Trinajstić information content (AvgIpc) is 2.87. The van der Waals surface area contributed by atoms with Gasteiger partial charge in [-0.25, -0.2) is 4.98 Å². The topological polar surface area (TPSA) is 99.6 Å². The van der Waals surface area contributed by atoms with Gasteiger partial charge in [-0.2, -0.15) is 9.78 Å². The zero-order valence-corrected chi connectivity index (χ0v) is 21.9. The van der Waals surface area contributed by atoms with Crippen LogP contribution in [0.1, 0.15) is 43.1 Å². The van der Waals surface area contributed by atoms with Gasteiger partial charge in [0, 0.05) is 32.6 Å². The molecule has 0 amide bonds. The molecule has 0 saturated heterocycles. The molecule has 4 aromatic rings. The van der Waals surface area contributed by atoms with Crippen LogP contribution in [0.2, 0.25) is 5.02 Å². The minimum absolute atomic E-state index is 0.0228. The summed E-state index contributed by atoms with van der Waals surface area (Å²) >= 11 is 9.62. The lowest BCUT2D eigenvalue weighted by Gasteiger charge is -2.14. The second-order valence-corrected chi connectivity index (χ2v) is 9.46. The van der Waals surface area contributed by atoms with E-state index < -0.39 is 4.92 Å². The molecular weight excluding hydrogens is 548 g/mol. The predicted molar refractivity (Wildman–Crippen MR) is 144 cm³/mol. The molecule has 0 bridgehead atoms. The first-order chi connectivity index (χ1) is 17.3. The number of aromatic nitrogens is 2. The van der Waals surface area contributed by atoms with E-state index in [0.717, 1.165) is 10.9 Å². The Hall–Kier alpha value is -3.56. The third-order valence-corrected chi connectivity index (χ3v) is 6.61. The number of halogens is 2. The third-order valence-electron chi connectivity index (χ3n) is 5.75. The van der Waals surface area contributed by atoms with Crippen molar-refractivity contribution in [2.24, 2.45) is 5.10 Å². The van der Waals surface area contributed by atoms with Crippen molar-refractivity contribution in [1.82, 2.24) is 9.66 Å². The van der Waals surface area contributed by atoms with Gasteiger partial charge < -0.3 is 4.74 Å². The minimum atomic E-state index is -0.523. The van der Waals surface area contributed by atoms with Gasteiger partial charge in [0.1, 0.15) is 12.4 Å². The minimum Gasteiger partial charge on any atom is -0.481 e. The van der Waals surface area contributed by atoms with Crippen LogP contribution in [0, 0.1) is 10.1 Å². The Morgan fingerprint density at radius 2 is 2.00 bits per heavy atom. The molecule has 0 saturated carbocycles. The summed E-state index contributed by atoms with van der Waals surface area (Å²) in [6.45, 7) is 3.98. The summed E-state index contributed by atoms with van der Waals surface area (Å²) < 4.78 is 7.87. The van der Waals surface area contributed by atoms with E-state index in [2.05, 4.69) is 26.0 Å². The Morgan fingerprint density at radius 1 is 1.22 bits per heavy atom. The highest BCUT2D eigenvalue weighted by molar-refractivity contribution is 9.10. The Labute approximate surface area is 220 Å². The maximum absolute atomic E-state index is 13.4. The quantitative estimate of drug-likeness (QED) is 0.134. The number of rotatable bonds is 8. The fourth-order valence-electron chi connectivity index (χ4n) is 3.61. The van der Waals surface area contributed by atoms with Crippen molar-refractivity contribution in [3.05, 3.63) is 108 Å². The van der Waals surface area contributed by atoms with Gasteiger partial charge in [-0.1, -0.05) is 65.6 Å². The number of benzene rings is 3. The largest absolute Gasteiger partial charge is 0.481 e. The molecule has 0 fully saturated rings. The van der Waals surface area contributed by atoms with Crippen molar-refractivity contribution < 1.29 is 9.66 Å². The lowest BCUT2D eigenvalue weighted by atomic mass is 10.1. The number of nitro groups is 1. The number of nitrogens with zero attached hydrogens (tertiary/aromatic N) is 4. The van der Waals surface area contributed by atoms with E-state index in [4.69, 9.17) is 16.3 Å². The van der Waals surface area contributed by atoms with Crippen LogP contribution < -0.4 is 10.3 Å². The Kier molecular flexibility index (Phi) is 7.81. The van der Waals surface area contributed by atoms with Crippen molar-refractivity contribution in [3.8, 4) is 5.75 Å². The zero-order valence-electron chi connectivity index (χ0n) is 19.5. The van der Waals surface area contributed by atoms with Gasteiger partial charge in [0.15, 0.2) is 0 Å². The molecule has 4 rings (SSSR count). The summed E-state index contributed by atoms with van der Waals surface area (Å²) in [5.41, 5.74) is 1.04. The van der Waals surface area contributed by atoms with E-state index >= 15 is 0 Å². The maximum Gasteiger partial charge on any atom is 0.311 e. The molecule has 0 N–H and O–H groups in total. The highest BCUT2D eigenvalue weighted by Gasteiger charge is 2.20. The fourth-order valence-corrected chi connectivity index (χ4v) is 4.16. The molecule has 1 atom stereocenters. The second-order valence-electron chi connectivity index (χ2n) is 8.13. The lowest BCUT2D eigenvalue weighted by Crippen LogP contribution is -2.23. The molecule has 0 aliphatic carbocycles. The van der Waals surface area contributed by atoms with Gasteiger partial charge in [0.25, 0.3) is 5.56 Å². The van der Waals surface area contributed by atoms with Crippen LogP contribution in [0.5, 0.6) is 5.75 Å². The Bertz CT molecular complexity index is 1540. The van der Waals surface area contributed by atoms with E-state index in [-0.39, 0.29) is 29.5 Å². The molecule has 1 aromatic heterocycles. The number of para-hydroxylation sites is 1. The predicted octanol–water partition coefficient (Wildman–Crippen LogP) is 6.70. The zero-order chi connectivity index (χ0) is 25.8. The van der Waals surface area contributed by atoms with Gasteiger partial charge in [-0.05, 0) is 36.8 Å². The van der Waals surface area contributed by atoms with Crippen molar-refractivity contribution >= 4 is 50.3 Å². The summed E-state index contributed by atoms with van der Waals surface area (Å²) in [5, 5.41) is 17.1. The van der Waals surface area contributed by atoms with E-state index in [1.807, 2.05) is 19.9 Å². The van der Waals surface area contributed by atoms with Crippen LogP contribution in [0.15, 0.2) is 75.0 Å². The number of hydrogen-bond donors (Lipinski definition) is 0. The van der Waals surface area contributed by atoms with Crippen LogP contribution in [-0.2, 0) is 6.61 Å². The second kappa shape index (κ2) is 11.0. The molecule has 0 aliphatic heterocycles. The molecule has 0 aliphatic rings. The van der Waals surface area contributed by atoms with Crippen LogP contribution in [0.4, 0.5) is 5.69 Å². The molecule has 36 heavy (non-hydrogen) atoms. The van der Waals surface area contributed by atoms with E-state index in [0.29, 0.717) is 32.9 Å². The number of ether oxygens (including phenoxy) is 1. The van der Waals surface area contributed by atoms with Gasteiger partial charge in [0.2, 0.25) is 5.75 Å². The third kappa shape index (κ3) is 5.32. The van der Waals surface area contributed by atoms with Crippen molar-refractivity contribution in [1.29, 1.82) is 0 Å². The number of nitro benzene ring substituents is 1. The van der Waals surface area contributed by atoms with Crippen molar-refractivity contribution in [3.63, 3.8) is 0 Å². The highest BCUT2D eigenvalue weighted by Crippen LogP contribution is 2.31. The van der Waals surface area contributed by atoms with E-state index in [1.54, 1.807) is 42.5 Å². The van der Waals surface area contributed by atoms with Crippen molar-refractivity contribution in [2.75, 3.05) is 0 Å². The normalized spacial score (nSPS) is 12.2. The fraction of sp³-hybridized carbons (Fsp3) is 0.192. The molecule has 1 heterocycles. The standard InChI is InChI=1S/C26H22BrClN4O4/c1-3-16(2)25-30-22-12-11-19(27)13-20(22)26(33)31(25)29-14-17-8-6-10-23(32(34)35)24(17)36-15-18-7-4-5-9-21(18)28/h4-14,16H,3,15H2,1-2H3/t16-/m0/s1. The molecule has 184 valence electrons. The Morgan fingerprint density at radius 3 is 2.72 bits per heavy atom.